The molecule has 3 atom stereocenters. The Morgan fingerprint density at radius 2 is 1.33 bits per heavy atom. The summed E-state index contributed by atoms with van der Waals surface area (Å²) in [7, 11) is 0. The summed E-state index contributed by atoms with van der Waals surface area (Å²) >= 11 is 0. The van der Waals surface area contributed by atoms with E-state index in [4.69, 9.17) is 0 Å². The van der Waals surface area contributed by atoms with Crippen molar-refractivity contribution in [3.05, 3.63) is 20.3 Å². The van der Waals surface area contributed by atoms with Gasteiger partial charge in [-0.2, -0.15) is 25.7 Å². The van der Waals surface area contributed by atoms with Gasteiger partial charge in [-0.25, -0.2) is 0 Å². The van der Waals surface area contributed by atoms with E-state index in [1.54, 1.807) is 0 Å². The van der Waals surface area contributed by atoms with E-state index >= 15 is 0 Å². The van der Waals surface area contributed by atoms with Crippen LogP contribution in [0.5, 0.6) is 0 Å². The van der Waals surface area contributed by atoms with Gasteiger partial charge in [-0.3, -0.25) is 0 Å². The van der Waals surface area contributed by atoms with Crippen LogP contribution in [0, 0.1) is 43.9 Å². The molecule has 1 aliphatic carbocycles. The van der Waals surface area contributed by atoms with Crippen LogP contribution >= 0.6 is 0 Å². The van der Waals surface area contributed by atoms with E-state index < -0.39 is 0 Å². The molecule has 2 unspecified atom stereocenters. The van der Waals surface area contributed by atoms with Gasteiger partial charge in [-0.05, 0) is 5.92 Å². The standard InChI is InChI=1S/C8H14.C3H7.Y/c1-5(2)8-6(3)7(8)4;1-3-2;/h5-8H,3-4H2,1-2H3;3H,1-2H3;/q-2;-1;+3/t6-,7?,8?;;/m0../s1. The zero-order chi connectivity index (χ0) is 9.02. The summed E-state index contributed by atoms with van der Waals surface area (Å²) in [6.07, 6.45) is 2.00. The molecule has 0 spiro atoms. The molecule has 0 N–H and O–H groups in total. The van der Waals surface area contributed by atoms with Crippen LogP contribution in [0.2, 0.25) is 0 Å². The minimum atomic E-state index is 0. The van der Waals surface area contributed by atoms with Crippen LogP contribution < -0.4 is 0 Å². The minimum Gasteiger partial charge on any atom is -0.342 e. The molecule has 12 heavy (non-hydrogen) atoms. The second-order valence-corrected chi connectivity index (χ2v) is 3.73. The summed E-state index contributed by atoms with van der Waals surface area (Å²) in [5.41, 5.74) is 0. The first kappa shape index (κ1) is 15.6. The fraction of sp³-hybridized carbons (Fsp3) is 0.727. The average Bonchev–Trinajstić information content (AvgIpc) is 2.42. The number of hydrogen-bond donors (Lipinski definition) is 0. The van der Waals surface area contributed by atoms with E-state index in [-0.39, 0.29) is 32.7 Å². The Labute approximate surface area is 104 Å². The summed E-state index contributed by atoms with van der Waals surface area (Å²) in [5.74, 6) is 2.90. The topological polar surface area (TPSA) is 0 Å². The molecule has 0 radical (unpaired) electrons. The molecule has 0 aromatic rings. The molecule has 0 aromatic carbocycles. The minimum absolute atomic E-state index is 0. The third-order valence-electron chi connectivity index (χ3n) is 2.17. The quantitative estimate of drug-likeness (QED) is 0.618. The molecule has 0 amide bonds. The van der Waals surface area contributed by atoms with Crippen LogP contribution in [0.15, 0.2) is 0 Å². The van der Waals surface area contributed by atoms with Crippen molar-refractivity contribution in [2.24, 2.45) is 23.7 Å². The number of hydrogen-bond acceptors (Lipinski definition) is 0. The molecule has 0 saturated heterocycles. The van der Waals surface area contributed by atoms with Gasteiger partial charge in [-0.1, -0.05) is 19.8 Å². The maximum absolute atomic E-state index is 3.97. The fourth-order valence-electron chi connectivity index (χ4n) is 1.46. The van der Waals surface area contributed by atoms with Gasteiger partial charge in [0, 0.05) is 0 Å². The van der Waals surface area contributed by atoms with Gasteiger partial charge in [0.15, 0.2) is 0 Å². The second-order valence-electron chi connectivity index (χ2n) is 3.73. The van der Waals surface area contributed by atoms with E-state index in [9.17, 15) is 0 Å². The molecule has 0 bridgehead atoms. The van der Waals surface area contributed by atoms with Crippen molar-refractivity contribution in [1.82, 2.24) is 0 Å². The Kier molecular flexibility index (Phi) is 9.73. The van der Waals surface area contributed by atoms with E-state index in [0.29, 0.717) is 11.8 Å². The monoisotopic (exact) mass is 242 g/mol. The van der Waals surface area contributed by atoms with Gasteiger partial charge in [0.25, 0.3) is 0 Å². The van der Waals surface area contributed by atoms with Crippen molar-refractivity contribution < 1.29 is 32.7 Å². The van der Waals surface area contributed by atoms with Gasteiger partial charge in [0.1, 0.15) is 0 Å². The van der Waals surface area contributed by atoms with Crippen LogP contribution in [-0.2, 0) is 32.7 Å². The molecule has 68 valence electrons. The normalized spacial score (nSPS) is 31.8. The number of rotatable bonds is 1. The molecule has 1 heteroatoms. The van der Waals surface area contributed by atoms with Crippen LogP contribution in [0.4, 0.5) is 0 Å². The third-order valence-corrected chi connectivity index (χ3v) is 2.17. The van der Waals surface area contributed by atoms with E-state index in [1.165, 1.54) is 0 Å². The Morgan fingerprint density at radius 3 is 1.33 bits per heavy atom. The average molecular weight is 242 g/mol. The Morgan fingerprint density at radius 1 is 1.08 bits per heavy atom. The first-order valence-electron chi connectivity index (χ1n) is 4.46. The van der Waals surface area contributed by atoms with Crippen LogP contribution in [-0.4, -0.2) is 0 Å². The van der Waals surface area contributed by atoms with Crippen molar-refractivity contribution >= 4 is 0 Å². The molecule has 1 saturated carbocycles. The van der Waals surface area contributed by atoms with E-state index in [1.807, 2.05) is 20.3 Å². The third kappa shape index (κ3) is 4.97. The van der Waals surface area contributed by atoms with E-state index in [2.05, 4.69) is 27.7 Å². The van der Waals surface area contributed by atoms with Crippen LogP contribution in [0.25, 0.3) is 0 Å². The van der Waals surface area contributed by atoms with Gasteiger partial charge in [-0.15, -0.1) is 0 Å². The molecule has 0 heterocycles. The summed E-state index contributed by atoms with van der Waals surface area (Å²) in [4.78, 5) is 0. The smallest absolute Gasteiger partial charge is 0.342 e. The Bertz CT molecular complexity index is 84.4. The van der Waals surface area contributed by atoms with Gasteiger partial charge in [0.05, 0.1) is 0 Å². The summed E-state index contributed by atoms with van der Waals surface area (Å²) in [6, 6.07) is 0. The van der Waals surface area contributed by atoms with Crippen LogP contribution in [0.3, 0.4) is 0 Å². The molecule has 0 aromatic heterocycles. The van der Waals surface area contributed by atoms with Crippen molar-refractivity contribution in [2.75, 3.05) is 0 Å². The predicted octanol–water partition coefficient (Wildman–Crippen LogP) is 3.40. The summed E-state index contributed by atoms with van der Waals surface area (Å²) in [5, 5.41) is 0. The fourth-order valence-corrected chi connectivity index (χ4v) is 1.46. The molecule has 1 fully saturated rings. The molecule has 0 aliphatic heterocycles. The van der Waals surface area contributed by atoms with Gasteiger partial charge in [0.2, 0.25) is 0 Å². The van der Waals surface area contributed by atoms with Crippen molar-refractivity contribution in [1.29, 1.82) is 0 Å². The summed E-state index contributed by atoms with van der Waals surface area (Å²) < 4.78 is 0. The van der Waals surface area contributed by atoms with Crippen LogP contribution in [0.1, 0.15) is 27.7 Å². The molecule has 1 aliphatic rings. The Balaban J connectivity index is 0. The summed E-state index contributed by atoms with van der Waals surface area (Å²) in [6.45, 7) is 16.4. The zero-order valence-electron chi connectivity index (χ0n) is 8.88. The molecular formula is C11H21Y. The van der Waals surface area contributed by atoms with Gasteiger partial charge >= 0.3 is 32.7 Å². The molecular weight excluding hydrogens is 221 g/mol. The second kappa shape index (κ2) is 7.50. The first-order valence-corrected chi connectivity index (χ1v) is 4.46. The molecule has 1 rings (SSSR count). The molecule has 0 nitrogen and oxygen atoms in total. The maximum Gasteiger partial charge on any atom is 3.00 e. The maximum atomic E-state index is 3.97. The van der Waals surface area contributed by atoms with Crippen molar-refractivity contribution in [2.45, 2.75) is 27.7 Å². The SMILES string of the molecule is C[CH-]C.[CH2-]C1C(C(C)C)[C@H]1[CH2-].[Y+3]. The Hall–Kier alpha value is 1.10. The largest absolute Gasteiger partial charge is 3.00 e. The van der Waals surface area contributed by atoms with Crippen molar-refractivity contribution in [3.63, 3.8) is 0 Å². The van der Waals surface area contributed by atoms with E-state index in [0.717, 1.165) is 11.8 Å². The van der Waals surface area contributed by atoms with Gasteiger partial charge < -0.3 is 20.3 Å². The first-order chi connectivity index (χ1) is 5.06. The zero-order valence-corrected chi connectivity index (χ0v) is 11.7. The predicted molar refractivity (Wildman–Crippen MR) is 51.7 cm³/mol. The van der Waals surface area contributed by atoms with Crippen molar-refractivity contribution in [3.8, 4) is 0 Å².